The Bertz CT molecular complexity index is 904. The molecule has 0 saturated heterocycles. The van der Waals surface area contributed by atoms with E-state index in [0.29, 0.717) is 0 Å². The SMILES string of the molecule is C=C(C(=O)OC1CCC2CC(C(F)(F)C(F)(F)C(F)(F)C(F)(F)C(F)(F)C(F)(F)F)CCC2C1)C(F)(F)F. The highest BCUT2D eigenvalue weighted by Crippen LogP contribution is 2.63. The van der Waals surface area contributed by atoms with Gasteiger partial charge in [-0.25, -0.2) is 4.79 Å². The number of carbonyl (C=O) groups excluding carboxylic acids is 1. The third-order valence-electron chi connectivity index (χ3n) is 6.90. The van der Waals surface area contributed by atoms with Gasteiger partial charge in [-0.05, 0) is 50.4 Å². The number of halogens is 16. The van der Waals surface area contributed by atoms with E-state index in [-0.39, 0.29) is 19.3 Å². The van der Waals surface area contributed by atoms with Gasteiger partial charge in [0.25, 0.3) is 0 Å². The fraction of sp³-hybridized carbons (Fsp3) is 0.850. The van der Waals surface area contributed by atoms with Gasteiger partial charge in [-0.15, -0.1) is 0 Å². The number of hydrogen-bond acceptors (Lipinski definition) is 2. The molecule has 4 unspecified atom stereocenters. The molecule has 0 aromatic carbocycles. The minimum absolute atomic E-state index is 0.262. The van der Waals surface area contributed by atoms with Crippen molar-refractivity contribution >= 4 is 5.97 Å². The first-order chi connectivity index (χ1) is 16.7. The summed E-state index contributed by atoms with van der Waals surface area (Å²) in [7, 11) is 0. The van der Waals surface area contributed by atoms with E-state index in [1.54, 1.807) is 0 Å². The van der Waals surface area contributed by atoms with E-state index in [2.05, 4.69) is 11.3 Å². The van der Waals surface area contributed by atoms with Gasteiger partial charge in [0.05, 0.1) is 0 Å². The van der Waals surface area contributed by atoms with Crippen LogP contribution in [0.5, 0.6) is 0 Å². The highest BCUT2D eigenvalue weighted by atomic mass is 19.4. The molecule has 0 bridgehead atoms. The van der Waals surface area contributed by atoms with E-state index in [1.165, 1.54) is 0 Å². The van der Waals surface area contributed by atoms with Crippen LogP contribution in [0.3, 0.4) is 0 Å². The van der Waals surface area contributed by atoms with E-state index in [1.807, 2.05) is 0 Å². The van der Waals surface area contributed by atoms with Crippen LogP contribution in [0.1, 0.15) is 38.5 Å². The van der Waals surface area contributed by atoms with Gasteiger partial charge < -0.3 is 4.74 Å². The van der Waals surface area contributed by atoms with E-state index in [4.69, 9.17) is 0 Å². The minimum Gasteiger partial charge on any atom is -0.459 e. The molecule has 2 aliphatic carbocycles. The van der Waals surface area contributed by atoms with Gasteiger partial charge in [0.2, 0.25) is 0 Å². The molecule has 4 atom stereocenters. The molecular weight excluding hydrogens is 576 g/mol. The van der Waals surface area contributed by atoms with Gasteiger partial charge in [0.1, 0.15) is 11.7 Å². The zero-order valence-electron chi connectivity index (χ0n) is 18.6. The molecule has 0 aromatic rings. The van der Waals surface area contributed by atoms with E-state index >= 15 is 0 Å². The van der Waals surface area contributed by atoms with Gasteiger partial charge in [0.15, 0.2) is 0 Å². The Hall–Kier alpha value is -1.91. The van der Waals surface area contributed by atoms with Crippen molar-refractivity contribution in [3.63, 3.8) is 0 Å². The average molecular weight is 594 g/mol. The highest BCUT2D eigenvalue weighted by molar-refractivity contribution is 5.89. The van der Waals surface area contributed by atoms with Gasteiger partial charge in [-0.1, -0.05) is 6.58 Å². The lowest BCUT2D eigenvalue weighted by Gasteiger charge is -2.46. The van der Waals surface area contributed by atoms with Crippen LogP contribution in [0, 0.1) is 17.8 Å². The second-order valence-electron chi connectivity index (χ2n) is 9.27. The molecule has 18 heteroatoms. The van der Waals surface area contributed by atoms with E-state index < -0.39 is 96.6 Å². The number of carbonyl (C=O) groups is 1. The van der Waals surface area contributed by atoms with Crippen molar-refractivity contribution in [3.8, 4) is 0 Å². The molecule has 0 aromatic heterocycles. The Kier molecular flexibility index (Phi) is 8.18. The quantitative estimate of drug-likeness (QED) is 0.170. The summed E-state index contributed by atoms with van der Waals surface area (Å²) < 4.78 is 217. The normalized spacial score (nSPS) is 26.5. The Morgan fingerprint density at radius 2 is 1.05 bits per heavy atom. The molecule has 0 amide bonds. The van der Waals surface area contributed by atoms with Crippen LogP contribution in [0.2, 0.25) is 0 Å². The number of rotatable bonds is 7. The standard InChI is InChI=1S/C20H18F16O2/c1-8(15(23,24)25)13(37)38-12-5-3-9-6-11(4-2-10(9)7-12)14(21,22)16(26,27)17(28,29)18(30,31)19(32,33)20(34,35)36/h9-12H,1-7H2. The molecule has 38 heavy (non-hydrogen) atoms. The number of alkyl halides is 16. The second kappa shape index (κ2) is 9.63. The molecule has 2 nitrogen and oxygen atoms in total. The van der Waals surface area contributed by atoms with Crippen LogP contribution in [0.4, 0.5) is 70.2 Å². The van der Waals surface area contributed by atoms with Crippen LogP contribution in [-0.2, 0) is 9.53 Å². The predicted octanol–water partition coefficient (Wildman–Crippen LogP) is 7.97. The number of fused-ring (bicyclic) bond motifs is 1. The molecule has 0 heterocycles. The topological polar surface area (TPSA) is 26.3 Å². The van der Waals surface area contributed by atoms with Gasteiger partial charge >= 0.3 is 47.9 Å². The molecule has 2 fully saturated rings. The molecule has 222 valence electrons. The Morgan fingerprint density at radius 1 is 0.605 bits per heavy atom. The Labute approximate surface area is 203 Å². The van der Waals surface area contributed by atoms with Crippen molar-refractivity contribution in [1.82, 2.24) is 0 Å². The molecular formula is C20H18F16O2. The van der Waals surface area contributed by atoms with Crippen LogP contribution >= 0.6 is 0 Å². The summed E-state index contributed by atoms with van der Waals surface area (Å²) >= 11 is 0. The van der Waals surface area contributed by atoms with Gasteiger partial charge in [-0.2, -0.15) is 70.2 Å². The first-order valence-electron chi connectivity index (χ1n) is 10.7. The molecule has 2 aliphatic rings. The lowest BCUT2D eigenvalue weighted by Crippen LogP contribution is -2.71. The van der Waals surface area contributed by atoms with Crippen LogP contribution in [0.15, 0.2) is 12.2 Å². The third-order valence-corrected chi connectivity index (χ3v) is 6.90. The summed E-state index contributed by atoms with van der Waals surface area (Å²) in [6, 6.07) is 0. The molecule has 2 saturated carbocycles. The highest BCUT2D eigenvalue weighted by Gasteiger charge is 2.91. The van der Waals surface area contributed by atoms with Gasteiger partial charge in [0, 0.05) is 5.92 Å². The molecule has 0 spiro atoms. The molecule has 0 aliphatic heterocycles. The van der Waals surface area contributed by atoms with Crippen molar-refractivity contribution in [1.29, 1.82) is 0 Å². The van der Waals surface area contributed by atoms with Crippen molar-refractivity contribution in [2.24, 2.45) is 17.8 Å². The molecule has 0 N–H and O–H groups in total. The second-order valence-corrected chi connectivity index (χ2v) is 9.27. The largest absolute Gasteiger partial charge is 0.460 e. The van der Waals surface area contributed by atoms with Crippen molar-refractivity contribution in [3.05, 3.63) is 12.2 Å². The number of ether oxygens (including phenoxy) is 1. The first-order valence-corrected chi connectivity index (χ1v) is 10.7. The van der Waals surface area contributed by atoms with Crippen LogP contribution < -0.4 is 0 Å². The van der Waals surface area contributed by atoms with Gasteiger partial charge in [-0.3, -0.25) is 0 Å². The van der Waals surface area contributed by atoms with Crippen molar-refractivity contribution in [2.75, 3.05) is 0 Å². The summed E-state index contributed by atoms with van der Waals surface area (Å²) in [6.45, 7) is 2.52. The summed E-state index contributed by atoms with van der Waals surface area (Å²) in [4.78, 5) is 11.5. The maximum Gasteiger partial charge on any atom is 0.460 e. The minimum atomic E-state index is -7.97. The maximum absolute atomic E-state index is 14.5. The fourth-order valence-electron chi connectivity index (χ4n) is 4.66. The van der Waals surface area contributed by atoms with Crippen LogP contribution in [0.25, 0.3) is 0 Å². The third kappa shape index (κ3) is 5.16. The Morgan fingerprint density at radius 3 is 1.53 bits per heavy atom. The van der Waals surface area contributed by atoms with E-state index in [9.17, 15) is 75.0 Å². The monoisotopic (exact) mass is 594 g/mol. The average Bonchev–Trinajstić information content (AvgIpc) is 2.76. The predicted molar refractivity (Wildman–Crippen MR) is 94.0 cm³/mol. The van der Waals surface area contributed by atoms with Crippen molar-refractivity contribution < 1.29 is 79.8 Å². The number of esters is 1. The van der Waals surface area contributed by atoms with E-state index in [0.717, 1.165) is 0 Å². The lowest BCUT2D eigenvalue weighted by atomic mass is 9.64. The summed E-state index contributed by atoms with van der Waals surface area (Å²) in [5, 5.41) is 0. The summed E-state index contributed by atoms with van der Waals surface area (Å²) in [6.07, 6.45) is -17.4. The molecule has 2 rings (SSSR count). The molecule has 0 radical (unpaired) electrons. The summed E-state index contributed by atoms with van der Waals surface area (Å²) in [5.41, 5.74) is -1.85. The maximum atomic E-state index is 14.5. The first kappa shape index (κ1) is 32.3. The Balaban J connectivity index is 2.19. The van der Waals surface area contributed by atoms with Crippen molar-refractivity contribution in [2.45, 2.75) is 86.6 Å². The number of hydrogen-bond donors (Lipinski definition) is 0. The summed E-state index contributed by atoms with van der Waals surface area (Å²) in [5.74, 6) is -43.7. The lowest BCUT2D eigenvalue weighted by molar-refractivity contribution is -0.443. The zero-order chi connectivity index (χ0) is 29.9. The smallest absolute Gasteiger partial charge is 0.459 e. The zero-order valence-corrected chi connectivity index (χ0v) is 18.6. The van der Waals surface area contributed by atoms with Crippen LogP contribution in [-0.4, -0.2) is 54.0 Å². The fourth-order valence-corrected chi connectivity index (χ4v) is 4.66.